The Morgan fingerprint density at radius 2 is 2.00 bits per heavy atom. The molecule has 0 aromatic heterocycles. The van der Waals surface area contributed by atoms with Crippen LogP contribution in [-0.2, 0) is 4.79 Å². The molecule has 54 valence electrons. The van der Waals surface area contributed by atoms with Crippen LogP contribution in [-0.4, -0.2) is 11.8 Å². The fourth-order valence-corrected chi connectivity index (χ4v) is 0.568. The first-order valence-electron chi connectivity index (χ1n) is 3.29. The maximum absolute atomic E-state index is 10.5. The number of carbonyl (C=O) groups excluding carboxylic acids is 1. The third kappa shape index (κ3) is 4.15. The fourth-order valence-electron chi connectivity index (χ4n) is 0.568. The van der Waals surface area contributed by atoms with Crippen LogP contribution in [0.2, 0.25) is 0 Å². The Hall–Kier alpha value is -0.370. The topological polar surface area (TPSA) is 43.1 Å². The van der Waals surface area contributed by atoms with Crippen molar-refractivity contribution in [2.24, 2.45) is 11.7 Å². The van der Waals surface area contributed by atoms with E-state index in [1.807, 2.05) is 13.8 Å². The number of hydrogen-bond donors (Lipinski definition) is 1. The largest absolute Gasteiger partial charge is 0.327 e. The molecule has 0 aromatic rings. The molecule has 1 atom stereocenters. The highest BCUT2D eigenvalue weighted by Gasteiger charge is 2.08. The van der Waals surface area contributed by atoms with Gasteiger partial charge in [-0.1, -0.05) is 13.8 Å². The molecular formula is C7H15NO. The number of hydrogen-bond acceptors (Lipinski definition) is 2. The molecule has 0 spiro atoms. The minimum Gasteiger partial charge on any atom is -0.327 e. The van der Waals surface area contributed by atoms with Gasteiger partial charge in [-0.25, -0.2) is 0 Å². The molecule has 0 unspecified atom stereocenters. The minimum absolute atomic E-state index is 0.0440. The second-order valence-corrected chi connectivity index (χ2v) is 2.81. The van der Waals surface area contributed by atoms with Gasteiger partial charge in [0.05, 0.1) is 0 Å². The van der Waals surface area contributed by atoms with E-state index in [0.717, 1.165) is 0 Å². The summed E-state index contributed by atoms with van der Waals surface area (Å²) in [5, 5.41) is 0. The van der Waals surface area contributed by atoms with E-state index in [4.69, 9.17) is 5.73 Å². The predicted octanol–water partition coefficient (Wildman–Crippen LogP) is 0.949. The maximum atomic E-state index is 10.5. The van der Waals surface area contributed by atoms with Crippen LogP contribution < -0.4 is 5.73 Å². The van der Waals surface area contributed by atoms with Crippen molar-refractivity contribution in [2.45, 2.75) is 33.2 Å². The van der Waals surface area contributed by atoms with Crippen LogP contribution in [0.4, 0.5) is 0 Å². The van der Waals surface area contributed by atoms with Crippen molar-refractivity contribution >= 4 is 5.78 Å². The Morgan fingerprint density at radius 1 is 1.56 bits per heavy atom. The first-order valence-corrected chi connectivity index (χ1v) is 3.29. The van der Waals surface area contributed by atoms with Gasteiger partial charge in [-0.15, -0.1) is 0 Å². The molecule has 0 aliphatic rings. The van der Waals surface area contributed by atoms with Crippen molar-refractivity contribution in [3.05, 3.63) is 0 Å². The normalized spacial score (nSPS) is 13.9. The lowest BCUT2D eigenvalue weighted by atomic mass is 10.0. The van der Waals surface area contributed by atoms with Crippen LogP contribution >= 0.6 is 0 Å². The first kappa shape index (κ1) is 8.63. The van der Waals surface area contributed by atoms with E-state index in [0.29, 0.717) is 12.3 Å². The first-order chi connectivity index (χ1) is 4.04. The minimum atomic E-state index is 0.0440. The summed E-state index contributed by atoms with van der Waals surface area (Å²) in [6.45, 7) is 5.61. The van der Waals surface area contributed by atoms with Crippen LogP contribution in [0.5, 0.6) is 0 Å². The van der Waals surface area contributed by atoms with Crippen molar-refractivity contribution in [1.29, 1.82) is 0 Å². The number of ketones is 1. The highest BCUT2D eigenvalue weighted by molar-refractivity contribution is 5.76. The highest BCUT2D eigenvalue weighted by Crippen LogP contribution is 2.02. The van der Waals surface area contributed by atoms with Crippen molar-refractivity contribution in [3.8, 4) is 0 Å². The van der Waals surface area contributed by atoms with Crippen molar-refractivity contribution in [3.63, 3.8) is 0 Å². The van der Waals surface area contributed by atoms with E-state index in [2.05, 4.69) is 0 Å². The quantitative estimate of drug-likeness (QED) is 0.616. The molecule has 0 aromatic carbocycles. The smallest absolute Gasteiger partial charge is 0.131 e. The lowest BCUT2D eigenvalue weighted by molar-refractivity contribution is -0.117. The van der Waals surface area contributed by atoms with Crippen molar-refractivity contribution in [2.75, 3.05) is 0 Å². The second-order valence-electron chi connectivity index (χ2n) is 2.81. The number of nitrogens with two attached hydrogens (primary N) is 1. The van der Waals surface area contributed by atoms with Gasteiger partial charge < -0.3 is 5.73 Å². The zero-order chi connectivity index (χ0) is 7.44. The monoisotopic (exact) mass is 129 g/mol. The number of Topliss-reactive ketones (excluding diaryl/α,β-unsaturated/α-hetero) is 1. The summed E-state index contributed by atoms with van der Waals surface area (Å²) in [6, 6.07) is 0.0440. The summed E-state index contributed by atoms with van der Waals surface area (Å²) >= 11 is 0. The van der Waals surface area contributed by atoms with Gasteiger partial charge in [0, 0.05) is 12.5 Å². The van der Waals surface area contributed by atoms with Crippen LogP contribution in [0.3, 0.4) is 0 Å². The van der Waals surface area contributed by atoms with Gasteiger partial charge in [-0.2, -0.15) is 0 Å². The van der Waals surface area contributed by atoms with Gasteiger partial charge in [0.15, 0.2) is 0 Å². The molecule has 0 aliphatic heterocycles. The van der Waals surface area contributed by atoms with Crippen molar-refractivity contribution < 1.29 is 4.79 Å². The highest BCUT2D eigenvalue weighted by atomic mass is 16.1. The standard InChI is InChI=1S/C7H15NO/c1-5(2)7(8)4-6(3)9/h5,7H,4,8H2,1-3H3/t7-/m0/s1. The molecule has 0 bridgehead atoms. The van der Waals surface area contributed by atoms with E-state index in [-0.39, 0.29) is 11.8 Å². The summed E-state index contributed by atoms with van der Waals surface area (Å²) < 4.78 is 0. The lowest BCUT2D eigenvalue weighted by Gasteiger charge is -2.12. The molecule has 2 heteroatoms. The number of carbonyl (C=O) groups is 1. The lowest BCUT2D eigenvalue weighted by Crippen LogP contribution is -2.28. The van der Waals surface area contributed by atoms with E-state index in [1.165, 1.54) is 0 Å². The Bertz CT molecular complexity index is 99.1. The SMILES string of the molecule is CC(=O)C[C@H](N)C(C)C. The van der Waals surface area contributed by atoms with Gasteiger partial charge in [0.25, 0.3) is 0 Å². The maximum Gasteiger partial charge on any atom is 0.131 e. The second kappa shape index (κ2) is 3.62. The Balaban J connectivity index is 3.50. The summed E-state index contributed by atoms with van der Waals surface area (Å²) in [5.41, 5.74) is 5.60. The van der Waals surface area contributed by atoms with Gasteiger partial charge in [0.1, 0.15) is 5.78 Å². The van der Waals surface area contributed by atoms with E-state index < -0.39 is 0 Å². The number of rotatable bonds is 3. The average Bonchev–Trinajstić information content (AvgIpc) is 1.63. The van der Waals surface area contributed by atoms with E-state index >= 15 is 0 Å². The van der Waals surface area contributed by atoms with Crippen LogP contribution in [0.1, 0.15) is 27.2 Å². The Morgan fingerprint density at radius 3 is 2.11 bits per heavy atom. The summed E-state index contributed by atoms with van der Waals surface area (Å²) in [4.78, 5) is 10.5. The van der Waals surface area contributed by atoms with Crippen molar-refractivity contribution in [1.82, 2.24) is 0 Å². The summed E-state index contributed by atoms with van der Waals surface area (Å²) in [7, 11) is 0. The van der Waals surface area contributed by atoms with E-state index in [9.17, 15) is 4.79 Å². The summed E-state index contributed by atoms with van der Waals surface area (Å²) in [5.74, 6) is 0.588. The Kier molecular flexibility index (Phi) is 3.47. The molecular weight excluding hydrogens is 114 g/mol. The molecule has 9 heavy (non-hydrogen) atoms. The molecule has 0 saturated carbocycles. The molecule has 0 heterocycles. The zero-order valence-electron chi connectivity index (χ0n) is 6.35. The molecule has 0 rings (SSSR count). The molecule has 0 amide bonds. The third-order valence-electron chi connectivity index (χ3n) is 1.38. The zero-order valence-corrected chi connectivity index (χ0v) is 6.35. The molecule has 2 N–H and O–H groups in total. The van der Waals surface area contributed by atoms with Crippen LogP contribution in [0, 0.1) is 5.92 Å². The fraction of sp³-hybridized carbons (Fsp3) is 0.857. The van der Waals surface area contributed by atoms with Gasteiger partial charge in [0.2, 0.25) is 0 Å². The van der Waals surface area contributed by atoms with Crippen LogP contribution in [0.15, 0.2) is 0 Å². The van der Waals surface area contributed by atoms with E-state index in [1.54, 1.807) is 6.92 Å². The van der Waals surface area contributed by atoms with Gasteiger partial charge >= 0.3 is 0 Å². The van der Waals surface area contributed by atoms with Gasteiger partial charge in [-0.3, -0.25) is 4.79 Å². The molecule has 0 radical (unpaired) electrons. The van der Waals surface area contributed by atoms with Crippen LogP contribution in [0.25, 0.3) is 0 Å². The average molecular weight is 129 g/mol. The molecule has 2 nitrogen and oxygen atoms in total. The summed E-state index contributed by atoms with van der Waals surface area (Å²) in [6.07, 6.45) is 0.512. The predicted molar refractivity (Wildman–Crippen MR) is 38.1 cm³/mol. The molecule has 0 fully saturated rings. The third-order valence-corrected chi connectivity index (χ3v) is 1.38. The molecule has 0 aliphatic carbocycles. The Labute approximate surface area is 56.4 Å². The molecule has 0 saturated heterocycles. The van der Waals surface area contributed by atoms with Gasteiger partial charge in [-0.05, 0) is 12.8 Å².